The molecule has 5 rings (SSSR count). The number of sulfonamides is 1. The number of amides is 1. The zero-order chi connectivity index (χ0) is 27.0. The molecule has 2 aromatic carbocycles. The summed E-state index contributed by atoms with van der Waals surface area (Å²) < 4.78 is 50.2. The molecular weight excluding hydrogens is 553 g/mol. The molecule has 0 spiro atoms. The summed E-state index contributed by atoms with van der Waals surface area (Å²) in [6, 6.07) is 15.3. The van der Waals surface area contributed by atoms with Gasteiger partial charge in [-0.15, -0.1) is 11.3 Å². The summed E-state index contributed by atoms with van der Waals surface area (Å²) in [4.78, 5) is 13.5. The number of alkyl halides is 1. The first kappa shape index (κ1) is 26.4. The van der Waals surface area contributed by atoms with Gasteiger partial charge in [0.1, 0.15) is 16.1 Å². The number of nitrogens with one attached hydrogen (secondary N) is 1. The van der Waals surface area contributed by atoms with Crippen molar-refractivity contribution in [2.24, 2.45) is 5.73 Å². The fourth-order valence-electron chi connectivity index (χ4n) is 4.73. The normalized spacial score (nSPS) is 18.2. The van der Waals surface area contributed by atoms with Crippen molar-refractivity contribution < 1.29 is 22.3 Å². The number of rotatable bonds is 9. The Morgan fingerprint density at radius 1 is 1.21 bits per heavy atom. The van der Waals surface area contributed by atoms with Gasteiger partial charge < -0.3 is 10.5 Å². The van der Waals surface area contributed by atoms with Crippen molar-refractivity contribution in [1.82, 2.24) is 14.7 Å². The molecule has 1 aliphatic rings. The van der Waals surface area contributed by atoms with Crippen LogP contribution in [0.4, 0.5) is 10.2 Å². The van der Waals surface area contributed by atoms with Gasteiger partial charge in [-0.3, -0.25) is 19.1 Å². The van der Waals surface area contributed by atoms with Crippen LogP contribution in [0.5, 0.6) is 5.75 Å². The van der Waals surface area contributed by atoms with E-state index >= 15 is 0 Å². The second-order valence-corrected chi connectivity index (χ2v) is 12.6. The van der Waals surface area contributed by atoms with Crippen LogP contribution in [0.2, 0.25) is 4.34 Å². The van der Waals surface area contributed by atoms with E-state index in [1.54, 1.807) is 21.7 Å². The molecule has 38 heavy (non-hydrogen) atoms. The summed E-state index contributed by atoms with van der Waals surface area (Å²) in [5.74, 6) is 0.0725. The fourth-order valence-corrected chi connectivity index (χ4v) is 7.22. The lowest BCUT2D eigenvalue weighted by molar-refractivity contribution is -0.122. The van der Waals surface area contributed by atoms with Crippen LogP contribution in [0.15, 0.2) is 58.8 Å². The first-order chi connectivity index (χ1) is 18.1. The molecule has 1 amide bonds. The van der Waals surface area contributed by atoms with Gasteiger partial charge >= 0.3 is 0 Å². The molecule has 200 valence electrons. The fraction of sp³-hybridized carbons (Fsp3) is 0.280. The molecule has 13 heteroatoms. The second-order valence-electron chi connectivity index (χ2n) is 9.03. The Bertz CT molecular complexity index is 1610. The van der Waals surface area contributed by atoms with Crippen molar-refractivity contribution in [3.63, 3.8) is 0 Å². The van der Waals surface area contributed by atoms with E-state index in [0.717, 1.165) is 22.5 Å². The summed E-state index contributed by atoms with van der Waals surface area (Å²) in [7, 11) is -2.42. The predicted molar refractivity (Wildman–Crippen MR) is 145 cm³/mol. The van der Waals surface area contributed by atoms with E-state index in [4.69, 9.17) is 22.1 Å². The highest BCUT2D eigenvalue weighted by Crippen LogP contribution is 2.35. The second kappa shape index (κ2) is 10.5. The number of fused-ring (bicyclic) bond motifs is 1. The number of carbonyl (C=O) groups is 1. The van der Waals surface area contributed by atoms with Gasteiger partial charge in [0.2, 0.25) is 5.91 Å². The molecule has 0 saturated carbocycles. The number of nitrogens with zero attached hydrogens (tertiary/aromatic N) is 3. The van der Waals surface area contributed by atoms with E-state index in [1.807, 2.05) is 30.3 Å². The highest BCUT2D eigenvalue weighted by molar-refractivity contribution is 7.94. The average molecular weight is 578 g/mol. The number of nitrogens with two attached hydrogens (primary N) is 1. The number of primary amides is 1. The number of hydrogen-bond donors (Lipinski definition) is 2. The Hall–Kier alpha value is -3.19. The number of anilines is 1. The molecule has 3 N–H and O–H groups in total. The molecule has 3 heterocycles. The number of benzene rings is 2. The first-order valence-corrected chi connectivity index (χ1v) is 14.4. The minimum atomic E-state index is -3.93. The number of likely N-dealkylation sites (tertiary alicyclic amines) is 1. The third-order valence-electron chi connectivity index (χ3n) is 6.39. The van der Waals surface area contributed by atoms with Gasteiger partial charge in [0.15, 0.2) is 5.82 Å². The molecule has 0 unspecified atom stereocenters. The van der Waals surface area contributed by atoms with Gasteiger partial charge in [-0.05, 0) is 35.4 Å². The lowest BCUT2D eigenvalue weighted by Gasteiger charge is -2.21. The van der Waals surface area contributed by atoms with Crippen LogP contribution >= 0.6 is 22.9 Å². The van der Waals surface area contributed by atoms with Crippen LogP contribution in [0.3, 0.4) is 0 Å². The summed E-state index contributed by atoms with van der Waals surface area (Å²) in [5.41, 5.74) is 7.93. The van der Waals surface area contributed by atoms with Gasteiger partial charge in [0.05, 0.1) is 34.9 Å². The number of methoxy groups -OCH3 is 1. The Morgan fingerprint density at radius 2 is 1.95 bits per heavy atom. The third-order valence-corrected chi connectivity index (χ3v) is 9.46. The van der Waals surface area contributed by atoms with Crippen molar-refractivity contribution in [2.75, 3.05) is 18.4 Å². The lowest BCUT2D eigenvalue weighted by Crippen LogP contribution is -2.39. The van der Waals surface area contributed by atoms with Gasteiger partial charge in [0.25, 0.3) is 10.0 Å². The Labute approximate surface area is 228 Å². The summed E-state index contributed by atoms with van der Waals surface area (Å²) >= 11 is 6.89. The maximum absolute atomic E-state index is 14.0. The van der Waals surface area contributed by atoms with E-state index in [-0.39, 0.29) is 23.0 Å². The molecule has 0 bridgehead atoms. The number of halogens is 2. The number of thiophene rings is 1. The molecule has 0 radical (unpaired) electrons. The van der Waals surface area contributed by atoms with Crippen LogP contribution in [-0.2, 0) is 27.9 Å². The van der Waals surface area contributed by atoms with Crippen molar-refractivity contribution >= 4 is 55.6 Å². The average Bonchev–Trinajstić information content (AvgIpc) is 3.57. The quantitative estimate of drug-likeness (QED) is 0.310. The topological polar surface area (TPSA) is 120 Å². The molecule has 9 nitrogen and oxygen atoms in total. The third kappa shape index (κ3) is 5.35. The van der Waals surface area contributed by atoms with Crippen molar-refractivity contribution in [1.29, 1.82) is 0 Å². The van der Waals surface area contributed by atoms with Crippen LogP contribution in [0.1, 0.15) is 17.5 Å². The van der Waals surface area contributed by atoms with E-state index < -0.39 is 28.1 Å². The van der Waals surface area contributed by atoms with Crippen molar-refractivity contribution in [2.45, 2.75) is 35.9 Å². The predicted octanol–water partition coefficient (Wildman–Crippen LogP) is 4.01. The standard InChI is InChI=1S/C25H25ClFN5O4S2/c1-36-20-7-3-6-18-23(20)25(30-38(34,35)22-9-8-21(26)37-22)29-32(18)13-16-5-2-4-15(10-16)12-31-14-17(27)11-19(31)24(28)33/h2-10,17,19H,11-14H2,1H3,(H2,28,33)(H,29,30)/t17-,19-/m0/s1. The zero-order valence-electron chi connectivity index (χ0n) is 20.3. The van der Waals surface area contributed by atoms with Gasteiger partial charge in [-0.25, -0.2) is 12.8 Å². The maximum atomic E-state index is 14.0. The van der Waals surface area contributed by atoms with E-state index in [2.05, 4.69) is 9.82 Å². The summed E-state index contributed by atoms with van der Waals surface area (Å²) in [5, 5.41) is 5.11. The molecule has 4 aromatic rings. The van der Waals surface area contributed by atoms with E-state index in [1.165, 1.54) is 19.2 Å². The summed E-state index contributed by atoms with van der Waals surface area (Å²) in [6.07, 6.45) is -0.986. The largest absolute Gasteiger partial charge is 0.496 e. The zero-order valence-corrected chi connectivity index (χ0v) is 22.7. The smallest absolute Gasteiger partial charge is 0.272 e. The summed E-state index contributed by atoms with van der Waals surface area (Å²) in [6.45, 7) is 0.861. The number of aromatic nitrogens is 2. The SMILES string of the molecule is COc1cccc2c1c(NS(=O)(=O)c1ccc(Cl)s1)nn2Cc1cccc(CN2C[C@@H](F)C[C@H]2C(N)=O)c1. The number of ether oxygens (including phenoxy) is 1. The Morgan fingerprint density at radius 3 is 2.63 bits per heavy atom. The highest BCUT2D eigenvalue weighted by atomic mass is 35.5. The van der Waals surface area contributed by atoms with Gasteiger partial charge in [-0.2, -0.15) is 5.10 Å². The molecule has 2 atom stereocenters. The van der Waals surface area contributed by atoms with Crippen LogP contribution in [0, 0.1) is 0 Å². The van der Waals surface area contributed by atoms with Crippen LogP contribution in [0.25, 0.3) is 10.9 Å². The van der Waals surface area contributed by atoms with Crippen molar-refractivity contribution in [3.05, 3.63) is 70.1 Å². The van der Waals surface area contributed by atoms with Crippen molar-refractivity contribution in [3.8, 4) is 5.75 Å². The van der Waals surface area contributed by atoms with Gasteiger partial charge in [0, 0.05) is 19.5 Å². The highest BCUT2D eigenvalue weighted by Gasteiger charge is 2.35. The Kier molecular flexibility index (Phi) is 7.32. The molecule has 2 aromatic heterocycles. The van der Waals surface area contributed by atoms with E-state index in [0.29, 0.717) is 34.1 Å². The molecule has 1 fully saturated rings. The molecular formula is C25H25ClFN5O4S2. The Balaban J connectivity index is 1.45. The minimum absolute atomic E-state index is 0.0690. The van der Waals surface area contributed by atoms with Gasteiger partial charge in [-0.1, -0.05) is 41.9 Å². The number of carbonyl (C=O) groups excluding carboxylic acids is 1. The minimum Gasteiger partial charge on any atom is -0.496 e. The van der Waals surface area contributed by atoms with Crippen LogP contribution in [-0.4, -0.2) is 54.9 Å². The van der Waals surface area contributed by atoms with E-state index in [9.17, 15) is 17.6 Å². The first-order valence-electron chi connectivity index (χ1n) is 11.7. The molecule has 1 saturated heterocycles. The molecule has 0 aliphatic carbocycles. The van der Waals surface area contributed by atoms with Crippen LogP contribution < -0.4 is 15.2 Å². The lowest BCUT2D eigenvalue weighted by atomic mass is 10.1. The maximum Gasteiger partial charge on any atom is 0.272 e. The molecule has 1 aliphatic heterocycles. The monoisotopic (exact) mass is 577 g/mol. The number of hydrogen-bond acceptors (Lipinski definition) is 7.